The molecule has 1 aliphatic rings. The summed E-state index contributed by atoms with van der Waals surface area (Å²) in [5, 5.41) is 13.8. The fourth-order valence-corrected chi connectivity index (χ4v) is 3.90. The number of nitrogens with two attached hydrogens (primary N) is 1. The molecule has 1 unspecified atom stereocenters. The van der Waals surface area contributed by atoms with Crippen LogP contribution in [0.2, 0.25) is 0 Å². The highest BCUT2D eigenvalue weighted by molar-refractivity contribution is 6.01. The number of nitrogens with zero attached hydrogens (tertiary/aromatic N) is 2. The van der Waals surface area contributed by atoms with Crippen molar-refractivity contribution in [1.82, 2.24) is 0 Å². The first-order valence-corrected chi connectivity index (χ1v) is 10.3. The van der Waals surface area contributed by atoms with Gasteiger partial charge in [-0.2, -0.15) is 0 Å². The topological polar surface area (TPSA) is 119 Å². The number of fused-ring (bicyclic) bond motifs is 1. The molecule has 8 nitrogen and oxygen atoms in total. The second-order valence-electron chi connectivity index (χ2n) is 7.92. The predicted octanol–water partition coefficient (Wildman–Crippen LogP) is 3.65. The number of hydrogen-bond acceptors (Lipinski definition) is 5. The van der Waals surface area contributed by atoms with Crippen LogP contribution in [0.25, 0.3) is 0 Å². The van der Waals surface area contributed by atoms with Crippen LogP contribution in [0.1, 0.15) is 21.5 Å². The smallest absolute Gasteiger partial charge is 0.269 e. The Morgan fingerprint density at radius 1 is 1.09 bits per heavy atom. The van der Waals surface area contributed by atoms with Crippen molar-refractivity contribution >= 4 is 28.9 Å². The molecule has 9 heteroatoms. The third kappa shape index (κ3) is 4.98. The van der Waals surface area contributed by atoms with E-state index in [-0.39, 0.29) is 23.0 Å². The Kier molecular flexibility index (Phi) is 6.03. The van der Waals surface area contributed by atoms with Crippen molar-refractivity contribution in [1.29, 1.82) is 0 Å². The van der Waals surface area contributed by atoms with Crippen molar-refractivity contribution in [2.24, 2.45) is 11.7 Å². The number of halogens is 1. The van der Waals surface area contributed by atoms with E-state index in [9.17, 15) is 24.1 Å². The quantitative estimate of drug-likeness (QED) is 0.441. The molecular formula is C24H21FN4O4. The molecule has 3 aromatic rings. The number of primary amides is 1. The number of carbonyl (C=O) groups is 2. The number of nitro groups is 1. The fraction of sp³-hybridized carbons (Fsp3) is 0.167. The number of benzene rings is 3. The van der Waals surface area contributed by atoms with E-state index in [2.05, 4.69) is 5.32 Å². The van der Waals surface area contributed by atoms with Gasteiger partial charge >= 0.3 is 0 Å². The van der Waals surface area contributed by atoms with Crippen molar-refractivity contribution in [3.05, 3.63) is 99.4 Å². The summed E-state index contributed by atoms with van der Waals surface area (Å²) in [6.07, 6.45) is 0.388. The molecule has 3 N–H and O–H groups in total. The van der Waals surface area contributed by atoms with E-state index in [0.29, 0.717) is 30.9 Å². The van der Waals surface area contributed by atoms with Crippen LogP contribution in [-0.4, -0.2) is 23.3 Å². The van der Waals surface area contributed by atoms with Crippen LogP contribution >= 0.6 is 0 Å². The van der Waals surface area contributed by atoms with E-state index in [1.54, 1.807) is 42.5 Å². The van der Waals surface area contributed by atoms with Crippen LogP contribution < -0.4 is 16.0 Å². The first kappa shape index (κ1) is 21.9. The summed E-state index contributed by atoms with van der Waals surface area (Å²) in [7, 11) is 0. The van der Waals surface area contributed by atoms with Crippen molar-refractivity contribution in [3.63, 3.8) is 0 Å². The molecule has 0 saturated heterocycles. The number of carbonyl (C=O) groups excluding carboxylic acids is 2. The van der Waals surface area contributed by atoms with E-state index in [1.165, 1.54) is 24.3 Å². The summed E-state index contributed by atoms with van der Waals surface area (Å²) in [6, 6.07) is 17.1. The maximum Gasteiger partial charge on any atom is 0.269 e. The number of anilines is 2. The first-order chi connectivity index (χ1) is 15.8. The lowest BCUT2D eigenvalue weighted by molar-refractivity contribution is -0.384. The van der Waals surface area contributed by atoms with Gasteiger partial charge in [0, 0.05) is 30.8 Å². The molecule has 0 saturated carbocycles. The van der Waals surface area contributed by atoms with Gasteiger partial charge in [-0.1, -0.05) is 24.3 Å². The van der Waals surface area contributed by atoms with Crippen molar-refractivity contribution in [2.45, 2.75) is 13.0 Å². The number of nitro benzene ring substituents is 1. The molecule has 0 bridgehead atoms. The van der Waals surface area contributed by atoms with Crippen molar-refractivity contribution in [2.75, 3.05) is 16.8 Å². The molecule has 0 radical (unpaired) electrons. The monoisotopic (exact) mass is 448 g/mol. The van der Waals surface area contributed by atoms with Crippen LogP contribution in [-0.2, 0) is 17.8 Å². The molecule has 4 rings (SSSR count). The Hall–Kier alpha value is -4.27. The predicted molar refractivity (Wildman–Crippen MR) is 121 cm³/mol. The molecule has 0 fully saturated rings. The standard InChI is InChI=1S/C24H21FN4O4/c25-19-6-1-15(2-7-19)11-18-14-28(13-16-3-8-20(9-4-16)29(32)33)22-10-5-17(23(26)30)12-21(22)27-24(18)31/h1-10,12,18H,11,13-14H2,(H2,26,30)(H,27,31). The Labute approximate surface area is 189 Å². The molecular weight excluding hydrogens is 427 g/mol. The number of hydrogen-bond donors (Lipinski definition) is 2. The van der Waals surface area contributed by atoms with Crippen LogP contribution in [0.4, 0.5) is 21.5 Å². The minimum Gasteiger partial charge on any atom is -0.366 e. The van der Waals surface area contributed by atoms with Gasteiger partial charge in [-0.05, 0) is 47.9 Å². The summed E-state index contributed by atoms with van der Waals surface area (Å²) in [6.45, 7) is 0.735. The maximum atomic E-state index is 13.3. The van der Waals surface area contributed by atoms with E-state index < -0.39 is 16.7 Å². The highest BCUT2D eigenvalue weighted by atomic mass is 19.1. The fourth-order valence-electron chi connectivity index (χ4n) is 3.90. The maximum absolute atomic E-state index is 13.3. The number of rotatable bonds is 6. The summed E-state index contributed by atoms with van der Waals surface area (Å²) < 4.78 is 13.3. The van der Waals surface area contributed by atoms with Crippen LogP contribution in [0.15, 0.2) is 66.7 Å². The van der Waals surface area contributed by atoms with Crippen molar-refractivity contribution in [3.8, 4) is 0 Å². The molecule has 3 aromatic carbocycles. The normalized spacial score (nSPS) is 15.4. The van der Waals surface area contributed by atoms with E-state index in [4.69, 9.17) is 5.73 Å². The summed E-state index contributed by atoms with van der Waals surface area (Å²) in [4.78, 5) is 37.2. The molecule has 1 aliphatic heterocycles. The number of non-ortho nitro benzene ring substituents is 1. The molecule has 0 aromatic heterocycles. The molecule has 0 aliphatic carbocycles. The third-order valence-corrected chi connectivity index (χ3v) is 5.61. The Balaban J connectivity index is 1.67. The largest absolute Gasteiger partial charge is 0.366 e. The summed E-state index contributed by atoms with van der Waals surface area (Å²) >= 11 is 0. The van der Waals surface area contributed by atoms with Gasteiger partial charge in [0.2, 0.25) is 11.8 Å². The summed E-state index contributed by atoms with van der Waals surface area (Å²) in [5.41, 5.74) is 8.46. The molecule has 1 atom stereocenters. The van der Waals surface area contributed by atoms with Gasteiger partial charge in [0.1, 0.15) is 5.82 Å². The molecule has 0 spiro atoms. The van der Waals surface area contributed by atoms with E-state index >= 15 is 0 Å². The zero-order valence-electron chi connectivity index (χ0n) is 17.5. The molecule has 33 heavy (non-hydrogen) atoms. The molecule has 1 heterocycles. The Morgan fingerprint density at radius 3 is 2.39 bits per heavy atom. The highest BCUT2D eigenvalue weighted by Gasteiger charge is 2.29. The van der Waals surface area contributed by atoms with Gasteiger partial charge < -0.3 is 16.0 Å². The highest BCUT2D eigenvalue weighted by Crippen LogP contribution is 2.33. The average Bonchev–Trinajstić information content (AvgIpc) is 2.91. The number of nitrogens with one attached hydrogen (secondary N) is 1. The lowest BCUT2D eigenvalue weighted by Gasteiger charge is -2.27. The zero-order chi connectivity index (χ0) is 23.5. The lowest BCUT2D eigenvalue weighted by Crippen LogP contribution is -2.33. The lowest BCUT2D eigenvalue weighted by atomic mass is 9.97. The van der Waals surface area contributed by atoms with Gasteiger partial charge in [-0.15, -0.1) is 0 Å². The minimum atomic E-state index is -0.610. The second kappa shape index (κ2) is 9.07. The van der Waals surface area contributed by atoms with Crippen molar-refractivity contribution < 1.29 is 18.9 Å². The van der Waals surface area contributed by atoms with Gasteiger partial charge in [0.15, 0.2) is 0 Å². The number of amides is 2. The first-order valence-electron chi connectivity index (χ1n) is 10.3. The van der Waals surface area contributed by atoms with Gasteiger partial charge in [-0.3, -0.25) is 19.7 Å². The van der Waals surface area contributed by atoms with Gasteiger partial charge in [-0.25, -0.2) is 4.39 Å². The minimum absolute atomic E-state index is 0.00727. The van der Waals surface area contributed by atoms with Gasteiger partial charge in [0.05, 0.1) is 22.2 Å². The second-order valence-corrected chi connectivity index (χ2v) is 7.92. The molecule has 168 valence electrons. The van der Waals surface area contributed by atoms with E-state index in [1.807, 2.05) is 4.90 Å². The van der Waals surface area contributed by atoms with Crippen LogP contribution in [0.5, 0.6) is 0 Å². The van der Waals surface area contributed by atoms with Gasteiger partial charge in [0.25, 0.3) is 5.69 Å². The Morgan fingerprint density at radius 2 is 1.76 bits per heavy atom. The molecule has 2 amide bonds. The third-order valence-electron chi connectivity index (χ3n) is 5.61. The average molecular weight is 448 g/mol. The van der Waals surface area contributed by atoms with Crippen LogP contribution in [0.3, 0.4) is 0 Å². The zero-order valence-corrected chi connectivity index (χ0v) is 17.5. The summed E-state index contributed by atoms with van der Waals surface area (Å²) in [5.74, 6) is -1.65. The van der Waals surface area contributed by atoms with E-state index in [0.717, 1.165) is 11.1 Å². The SMILES string of the molecule is NC(=O)c1ccc2c(c1)NC(=O)C(Cc1ccc(F)cc1)CN2Cc1ccc([N+](=O)[O-])cc1. The Bertz CT molecular complexity index is 1210. The van der Waals surface area contributed by atoms with Crippen LogP contribution in [0, 0.1) is 21.8 Å².